The SMILES string of the molecule is CN(C)CCCN=Cc1c(O)n(-c2ccccn2)c(=O)c2ccccc12. The summed E-state index contributed by atoms with van der Waals surface area (Å²) < 4.78 is 1.23. The van der Waals surface area contributed by atoms with Gasteiger partial charge < -0.3 is 10.0 Å². The van der Waals surface area contributed by atoms with Gasteiger partial charge in [0.1, 0.15) is 5.82 Å². The van der Waals surface area contributed by atoms with Gasteiger partial charge in [-0.05, 0) is 45.3 Å². The first-order valence-corrected chi connectivity index (χ1v) is 8.52. The Morgan fingerprint density at radius 2 is 1.88 bits per heavy atom. The topological polar surface area (TPSA) is 70.7 Å². The normalized spacial score (nSPS) is 11.7. The van der Waals surface area contributed by atoms with Crippen molar-refractivity contribution in [1.29, 1.82) is 0 Å². The largest absolute Gasteiger partial charge is 0.494 e. The molecular formula is C20H22N4O2. The van der Waals surface area contributed by atoms with Crippen molar-refractivity contribution in [3.8, 4) is 11.7 Å². The van der Waals surface area contributed by atoms with Gasteiger partial charge >= 0.3 is 0 Å². The summed E-state index contributed by atoms with van der Waals surface area (Å²) in [6, 6.07) is 12.4. The average Bonchev–Trinajstić information content (AvgIpc) is 2.64. The van der Waals surface area contributed by atoms with E-state index in [0.717, 1.165) is 13.0 Å². The van der Waals surface area contributed by atoms with Gasteiger partial charge in [0, 0.05) is 29.7 Å². The molecule has 3 rings (SSSR count). The Hall–Kier alpha value is -2.99. The third kappa shape index (κ3) is 3.65. The second-order valence-electron chi connectivity index (χ2n) is 6.30. The highest BCUT2D eigenvalue weighted by Gasteiger charge is 2.16. The van der Waals surface area contributed by atoms with Gasteiger partial charge in [-0.3, -0.25) is 9.79 Å². The van der Waals surface area contributed by atoms with Gasteiger partial charge in [0.15, 0.2) is 0 Å². The molecule has 0 fully saturated rings. The Morgan fingerprint density at radius 1 is 1.15 bits per heavy atom. The number of hydrogen-bond acceptors (Lipinski definition) is 5. The van der Waals surface area contributed by atoms with E-state index in [1.165, 1.54) is 4.57 Å². The van der Waals surface area contributed by atoms with E-state index in [1.807, 2.05) is 32.3 Å². The van der Waals surface area contributed by atoms with Crippen LogP contribution in [0.3, 0.4) is 0 Å². The minimum absolute atomic E-state index is 0.149. The molecule has 0 aliphatic carbocycles. The predicted molar refractivity (Wildman–Crippen MR) is 105 cm³/mol. The highest BCUT2D eigenvalue weighted by molar-refractivity contribution is 6.01. The third-order valence-corrected chi connectivity index (χ3v) is 4.09. The Labute approximate surface area is 152 Å². The molecule has 0 atom stereocenters. The van der Waals surface area contributed by atoms with Crippen molar-refractivity contribution in [3.05, 3.63) is 64.6 Å². The minimum Gasteiger partial charge on any atom is -0.494 e. The van der Waals surface area contributed by atoms with Gasteiger partial charge in [-0.15, -0.1) is 0 Å². The van der Waals surface area contributed by atoms with Crippen molar-refractivity contribution in [1.82, 2.24) is 14.5 Å². The summed E-state index contributed by atoms with van der Waals surface area (Å²) in [5.74, 6) is 0.228. The maximum atomic E-state index is 12.9. The Kier molecular flexibility index (Phi) is 5.43. The first-order chi connectivity index (χ1) is 12.6. The van der Waals surface area contributed by atoms with Crippen LogP contribution in [0.1, 0.15) is 12.0 Å². The molecule has 0 unspecified atom stereocenters. The summed E-state index contributed by atoms with van der Waals surface area (Å²) in [5, 5.41) is 12.0. The lowest BCUT2D eigenvalue weighted by atomic mass is 10.1. The summed E-state index contributed by atoms with van der Waals surface area (Å²) >= 11 is 0. The van der Waals surface area contributed by atoms with Crippen molar-refractivity contribution in [2.75, 3.05) is 27.2 Å². The fourth-order valence-corrected chi connectivity index (χ4v) is 2.82. The zero-order valence-corrected chi connectivity index (χ0v) is 15.0. The molecule has 1 N–H and O–H groups in total. The molecule has 2 aromatic heterocycles. The van der Waals surface area contributed by atoms with E-state index in [2.05, 4.69) is 14.9 Å². The quantitative estimate of drug-likeness (QED) is 0.548. The van der Waals surface area contributed by atoms with E-state index in [-0.39, 0.29) is 11.4 Å². The van der Waals surface area contributed by atoms with Crippen LogP contribution in [0.25, 0.3) is 16.6 Å². The molecule has 0 aliphatic rings. The van der Waals surface area contributed by atoms with Gasteiger partial charge in [-0.25, -0.2) is 9.55 Å². The van der Waals surface area contributed by atoms with Crippen LogP contribution in [0.15, 0.2) is 58.4 Å². The minimum atomic E-state index is -0.304. The number of nitrogens with zero attached hydrogens (tertiary/aromatic N) is 4. The molecule has 1 aromatic carbocycles. The lowest BCUT2D eigenvalue weighted by molar-refractivity contribution is 0.403. The van der Waals surface area contributed by atoms with Crippen LogP contribution in [0, 0.1) is 0 Å². The number of fused-ring (bicyclic) bond motifs is 1. The van der Waals surface area contributed by atoms with Crippen molar-refractivity contribution in [2.45, 2.75) is 6.42 Å². The highest BCUT2D eigenvalue weighted by Crippen LogP contribution is 2.25. The van der Waals surface area contributed by atoms with Gasteiger partial charge in [0.2, 0.25) is 5.88 Å². The summed E-state index contributed by atoms with van der Waals surface area (Å²) in [6.45, 7) is 1.59. The average molecular weight is 350 g/mol. The van der Waals surface area contributed by atoms with Gasteiger partial charge in [0.25, 0.3) is 5.56 Å². The molecule has 2 heterocycles. The number of aliphatic imine (C=N–C) groups is 1. The van der Waals surface area contributed by atoms with Crippen LogP contribution in [0.4, 0.5) is 0 Å². The van der Waals surface area contributed by atoms with Gasteiger partial charge in [-0.2, -0.15) is 0 Å². The lowest BCUT2D eigenvalue weighted by Crippen LogP contribution is -2.21. The van der Waals surface area contributed by atoms with Crippen LogP contribution < -0.4 is 5.56 Å². The van der Waals surface area contributed by atoms with E-state index >= 15 is 0 Å². The predicted octanol–water partition coefficient (Wildman–Crippen LogP) is 2.46. The smallest absolute Gasteiger partial charge is 0.267 e. The van der Waals surface area contributed by atoms with Crippen LogP contribution in [0.5, 0.6) is 5.88 Å². The molecule has 0 saturated heterocycles. The standard InChI is InChI=1S/C20H22N4O2/c1-23(2)13-7-11-21-14-17-15-8-3-4-9-16(15)19(25)24(20(17)26)18-10-5-6-12-22-18/h3-6,8-10,12,14,26H,7,11,13H2,1-2H3. The van der Waals surface area contributed by atoms with Crippen LogP contribution in [-0.4, -0.2) is 53.0 Å². The first-order valence-electron chi connectivity index (χ1n) is 8.52. The van der Waals surface area contributed by atoms with E-state index in [1.54, 1.807) is 36.7 Å². The lowest BCUT2D eigenvalue weighted by Gasteiger charge is -2.12. The number of aromatic hydroxyl groups is 1. The fourth-order valence-electron chi connectivity index (χ4n) is 2.82. The number of aromatic nitrogens is 2. The Morgan fingerprint density at radius 3 is 2.58 bits per heavy atom. The monoisotopic (exact) mass is 350 g/mol. The summed E-state index contributed by atoms with van der Waals surface area (Å²) in [6.07, 6.45) is 4.15. The molecule has 0 bridgehead atoms. The Bertz CT molecular complexity index is 978. The summed E-state index contributed by atoms with van der Waals surface area (Å²) in [5.41, 5.74) is 0.220. The maximum Gasteiger partial charge on any atom is 0.267 e. The van der Waals surface area contributed by atoms with Crippen molar-refractivity contribution < 1.29 is 5.11 Å². The second kappa shape index (κ2) is 7.93. The van der Waals surface area contributed by atoms with E-state index in [4.69, 9.17) is 0 Å². The first kappa shape index (κ1) is 17.8. The molecule has 0 aliphatic heterocycles. The van der Waals surface area contributed by atoms with E-state index in [9.17, 15) is 9.90 Å². The summed E-state index contributed by atoms with van der Waals surface area (Å²) in [4.78, 5) is 23.6. The molecule has 3 aromatic rings. The second-order valence-corrected chi connectivity index (χ2v) is 6.30. The molecule has 0 amide bonds. The van der Waals surface area contributed by atoms with E-state index in [0.29, 0.717) is 28.7 Å². The van der Waals surface area contributed by atoms with Gasteiger partial charge in [0.05, 0.1) is 5.56 Å². The van der Waals surface area contributed by atoms with Crippen LogP contribution in [0.2, 0.25) is 0 Å². The fraction of sp³-hybridized carbons (Fsp3) is 0.250. The van der Waals surface area contributed by atoms with Crippen molar-refractivity contribution >= 4 is 17.0 Å². The highest BCUT2D eigenvalue weighted by atomic mass is 16.3. The molecular weight excluding hydrogens is 328 g/mol. The number of hydrogen-bond donors (Lipinski definition) is 1. The van der Waals surface area contributed by atoms with Gasteiger partial charge in [-0.1, -0.05) is 24.3 Å². The summed E-state index contributed by atoms with van der Waals surface area (Å²) in [7, 11) is 4.04. The number of benzene rings is 1. The molecule has 0 radical (unpaired) electrons. The molecule has 6 heteroatoms. The Balaban J connectivity index is 2.10. The van der Waals surface area contributed by atoms with Crippen molar-refractivity contribution in [2.24, 2.45) is 4.99 Å². The third-order valence-electron chi connectivity index (χ3n) is 4.09. The number of rotatable bonds is 6. The molecule has 0 saturated carbocycles. The molecule has 134 valence electrons. The molecule has 0 spiro atoms. The number of pyridine rings is 2. The van der Waals surface area contributed by atoms with Crippen LogP contribution in [-0.2, 0) is 0 Å². The van der Waals surface area contributed by atoms with E-state index < -0.39 is 0 Å². The zero-order valence-electron chi connectivity index (χ0n) is 15.0. The maximum absolute atomic E-state index is 12.9. The molecule has 26 heavy (non-hydrogen) atoms. The zero-order chi connectivity index (χ0) is 18.5. The molecule has 6 nitrogen and oxygen atoms in total. The van der Waals surface area contributed by atoms with Crippen molar-refractivity contribution in [3.63, 3.8) is 0 Å². The van der Waals surface area contributed by atoms with Crippen LogP contribution >= 0.6 is 0 Å².